The van der Waals surface area contributed by atoms with E-state index in [1.807, 2.05) is 23.8 Å². The van der Waals surface area contributed by atoms with E-state index in [-0.39, 0.29) is 17.9 Å². The molecule has 1 saturated heterocycles. The van der Waals surface area contributed by atoms with Gasteiger partial charge in [0.05, 0.1) is 12.0 Å². The molecule has 0 spiro atoms. The first-order valence-corrected chi connectivity index (χ1v) is 6.84. The molecule has 1 aliphatic rings. The van der Waals surface area contributed by atoms with E-state index >= 15 is 0 Å². The van der Waals surface area contributed by atoms with Crippen LogP contribution in [-0.2, 0) is 4.79 Å². The predicted molar refractivity (Wildman–Crippen MR) is 67.9 cm³/mol. The number of nitrogens with one attached hydrogen (secondary N) is 2. The molecular formula is C12H18N2O2S. The Morgan fingerprint density at radius 2 is 2.59 bits per heavy atom. The Bertz CT molecular complexity index is 367. The van der Waals surface area contributed by atoms with E-state index < -0.39 is 6.10 Å². The van der Waals surface area contributed by atoms with Crippen LogP contribution >= 0.6 is 11.3 Å². The first kappa shape index (κ1) is 12.5. The zero-order chi connectivity index (χ0) is 12.3. The summed E-state index contributed by atoms with van der Waals surface area (Å²) in [5.41, 5.74) is 0.868. The summed E-state index contributed by atoms with van der Waals surface area (Å²) in [4.78, 5) is 11.9. The molecule has 5 heteroatoms. The molecule has 2 heterocycles. The van der Waals surface area contributed by atoms with Crippen LogP contribution in [-0.4, -0.2) is 30.1 Å². The Labute approximate surface area is 105 Å². The largest absolute Gasteiger partial charge is 0.387 e. The summed E-state index contributed by atoms with van der Waals surface area (Å²) in [6, 6.07) is 2.11. The van der Waals surface area contributed by atoms with Crippen LogP contribution in [0.5, 0.6) is 0 Å². The van der Waals surface area contributed by atoms with Crippen LogP contribution < -0.4 is 10.6 Å². The van der Waals surface area contributed by atoms with Gasteiger partial charge in [-0.2, -0.15) is 11.3 Å². The summed E-state index contributed by atoms with van der Waals surface area (Å²) in [6.45, 7) is 3.21. The molecule has 0 aromatic carbocycles. The number of aliphatic hydroxyl groups is 1. The first-order chi connectivity index (χ1) is 8.18. The molecule has 1 aliphatic heterocycles. The monoisotopic (exact) mass is 254 g/mol. The summed E-state index contributed by atoms with van der Waals surface area (Å²) in [6.07, 6.45) is 0.275. The van der Waals surface area contributed by atoms with Crippen molar-refractivity contribution in [2.75, 3.05) is 13.1 Å². The summed E-state index contributed by atoms with van der Waals surface area (Å²) in [5.74, 6) is 0.0708. The van der Waals surface area contributed by atoms with Crippen LogP contribution in [0.4, 0.5) is 0 Å². The highest BCUT2D eigenvalue weighted by Gasteiger charge is 2.29. The molecular weight excluding hydrogens is 236 g/mol. The average molecular weight is 254 g/mol. The quantitative estimate of drug-likeness (QED) is 0.748. The van der Waals surface area contributed by atoms with E-state index in [4.69, 9.17) is 0 Å². The fraction of sp³-hybridized carbons (Fsp3) is 0.583. The van der Waals surface area contributed by atoms with Crippen molar-refractivity contribution in [1.29, 1.82) is 0 Å². The van der Waals surface area contributed by atoms with Crippen LogP contribution in [0.3, 0.4) is 0 Å². The van der Waals surface area contributed by atoms with E-state index in [1.54, 1.807) is 11.3 Å². The molecule has 17 heavy (non-hydrogen) atoms. The van der Waals surface area contributed by atoms with Crippen LogP contribution in [0.2, 0.25) is 0 Å². The van der Waals surface area contributed by atoms with Gasteiger partial charge in [-0.05, 0) is 42.3 Å². The van der Waals surface area contributed by atoms with E-state index in [0.717, 1.165) is 18.5 Å². The van der Waals surface area contributed by atoms with Gasteiger partial charge in [-0.25, -0.2) is 0 Å². The van der Waals surface area contributed by atoms with Gasteiger partial charge >= 0.3 is 0 Å². The van der Waals surface area contributed by atoms with Crippen molar-refractivity contribution >= 4 is 17.2 Å². The number of thiophene rings is 1. The molecule has 3 N–H and O–H groups in total. The number of amides is 1. The van der Waals surface area contributed by atoms with Crippen LogP contribution in [0.15, 0.2) is 16.8 Å². The second-order valence-corrected chi connectivity index (χ2v) is 5.24. The minimum absolute atomic E-state index is 0.0321. The third-order valence-corrected chi connectivity index (χ3v) is 3.96. The third-order valence-electron chi connectivity index (χ3n) is 3.26. The highest BCUT2D eigenvalue weighted by atomic mass is 32.1. The lowest BCUT2D eigenvalue weighted by atomic mass is 10.0. The number of carbonyl (C=O) groups is 1. The van der Waals surface area contributed by atoms with Gasteiger partial charge in [0.1, 0.15) is 0 Å². The molecule has 0 aliphatic carbocycles. The number of aliphatic hydroxyl groups excluding tert-OH is 1. The molecule has 1 amide bonds. The van der Waals surface area contributed by atoms with Crippen molar-refractivity contribution in [1.82, 2.24) is 10.6 Å². The molecule has 4 nitrogen and oxygen atoms in total. The standard InChI is InChI=1S/C12H18N2O2S/c1-8-10(2-4-13-8)12(16)14-6-11(15)9-3-5-17-7-9/h3,5,7-8,10-11,13,15H,2,4,6H2,1H3,(H,14,16). The van der Waals surface area contributed by atoms with Crippen LogP contribution in [0.1, 0.15) is 25.0 Å². The fourth-order valence-electron chi connectivity index (χ4n) is 2.13. The van der Waals surface area contributed by atoms with Crippen molar-refractivity contribution in [3.05, 3.63) is 22.4 Å². The topological polar surface area (TPSA) is 61.4 Å². The highest BCUT2D eigenvalue weighted by Crippen LogP contribution is 2.17. The van der Waals surface area contributed by atoms with Crippen molar-refractivity contribution < 1.29 is 9.90 Å². The van der Waals surface area contributed by atoms with Crippen molar-refractivity contribution in [2.45, 2.75) is 25.5 Å². The van der Waals surface area contributed by atoms with Crippen LogP contribution in [0.25, 0.3) is 0 Å². The SMILES string of the molecule is CC1NCCC1C(=O)NCC(O)c1ccsc1. The second kappa shape index (κ2) is 5.62. The van der Waals surface area contributed by atoms with Crippen molar-refractivity contribution in [3.8, 4) is 0 Å². The number of hydrogen-bond donors (Lipinski definition) is 3. The number of hydrogen-bond acceptors (Lipinski definition) is 4. The molecule has 3 atom stereocenters. The Hall–Kier alpha value is -0.910. The number of rotatable bonds is 4. The van der Waals surface area contributed by atoms with Gasteiger partial charge in [-0.15, -0.1) is 0 Å². The molecule has 1 aromatic heterocycles. The fourth-order valence-corrected chi connectivity index (χ4v) is 2.83. The van der Waals surface area contributed by atoms with E-state index in [9.17, 15) is 9.90 Å². The summed E-state index contributed by atoms with van der Waals surface area (Å²) in [7, 11) is 0. The molecule has 1 aromatic rings. The zero-order valence-electron chi connectivity index (χ0n) is 9.85. The maximum Gasteiger partial charge on any atom is 0.224 e. The Balaban J connectivity index is 1.80. The van der Waals surface area contributed by atoms with Gasteiger partial charge in [0, 0.05) is 12.6 Å². The molecule has 3 unspecified atom stereocenters. The van der Waals surface area contributed by atoms with E-state index in [2.05, 4.69) is 10.6 Å². The van der Waals surface area contributed by atoms with Gasteiger partial charge in [0.2, 0.25) is 5.91 Å². The Kier molecular flexibility index (Phi) is 4.15. The van der Waals surface area contributed by atoms with Gasteiger partial charge in [0.25, 0.3) is 0 Å². The minimum atomic E-state index is -0.602. The number of carbonyl (C=O) groups excluding carboxylic acids is 1. The summed E-state index contributed by atoms with van der Waals surface area (Å²) < 4.78 is 0. The lowest BCUT2D eigenvalue weighted by Crippen LogP contribution is -2.38. The highest BCUT2D eigenvalue weighted by molar-refractivity contribution is 7.07. The van der Waals surface area contributed by atoms with Crippen LogP contribution in [0, 0.1) is 5.92 Å². The Morgan fingerprint density at radius 3 is 3.18 bits per heavy atom. The maximum atomic E-state index is 11.9. The lowest BCUT2D eigenvalue weighted by Gasteiger charge is -2.16. The first-order valence-electron chi connectivity index (χ1n) is 5.89. The van der Waals surface area contributed by atoms with E-state index in [0.29, 0.717) is 6.54 Å². The molecule has 94 valence electrons. The molecule has 2 rings (SSSR count). The average Bonchev–Trinajstić information content (AvgIpc) is 2.95. The second-order valence-electron chi connectivity index (χ2n) is 4.46. The predicted octanol–water partition coefficient (Wildman–Crippen LogP) is 0.896. The summed E-state index contributed by atoms with van der Waals surface area (Å²) >= 11 is 1.55. The zero-order valence-corrected chi connectivity index (χ0v) is 10.7. The Morgan fingerprint density at radius 1 is 1.76 bits per heavy atom. The van der Waals surface area contributed by atoms with Crippen molar-refractivity contribution in [3.63, 3.8) is 0 Å². The molecule has 0 saturated carbocycles. The normalized spacial score (nSPS) is 25.8. The van der Waals surface area contributed by atoms with Gasteiger partial charge < -0.3 is 15.7 Å². The molecule has 1 fully saturated rings. The molecule has 0 bridgehead atoms. The van der Waals surface area contributed by atoms with Gasteiger partial charge in [-0.1, -0.05) is 0 Å². The lowest BCUT2D eigenvalue weighted by molar-refractivity contribution is -0.125. The summed E-state index contributed by atoms with van der Waals surface area (Å²) in [5, 5.41) is 19.7. The van der Waals surface area contributed by atoms with Gasteiger partial charge in [-0.3, -0.25) is 4.79 Å². The maximum absolute atomic E-state index is 11.9. The minimum Gasteiger partial charge on any atom is -0.387 e. The third kappa shape index (κ3) is 3.06. The van der Waals surface area contributed by atoms with Gasteiger partial charge in [0.15, 0.2) is 0 Å². The van der Waals surface area contributed by atoms with E-state index in [1.165, 1.54) is 0 Å². The van der Waals surface area contributed by atoms with Crippen molar-refractivity contribution in [2.24, 2.45) is 5.92 Å². The molecule has 0 radical (unpaired) electrons. The smallest absolute Gasteiger partial charge is 0.224 e.